The van der Waals surface area contributed by atoms with Gasteiger partial charge in [-0.15, -0.1) is 0 Å². The van der Waals surface area contributed by atoms with Gasteiger partial charge in [-0.1, -0.05) is 23.8 Å². The van der Waals surface area contributed by atoms with E-state index in [2.05, 4.69) is 35.8 Å². The molecule has 1 fully saturated rings. The summed E-state index contributed by atoms with van der Waals surface area (Å²) in [5.41, 5.74) is 3.84. The lowest BCUT2D eigenvalue weighted by Crippen LogP contribution is -2.53. The molecule has 2 aliphatic rings. The van der Waals surface area contributed by atoms with E-state index >= 15 is 0 Å². The van der Waals surface area contributed by atoms with Crippen molar-refractivity contribution in [3.8, 4) is 0 Å². The van der Waals surface area contributed by atoms with Crippen LogP contribution in [0.4, 0.5) is 4.79 Å². The molecule has 1 atom stereocenters. The second kappa shape index (κ2) is 6.16. The first kappa shape index (κ1) is 16.3. The first-order chi connectivity index (χ1) is 10.8. The Bertz CT molecular complexity index is 586. The number of hydrogen-bond donors (Lipinski definition) is 2. The van der Waals surface area contributed by atoms with Gasteiger partial charge in [-0.25, -0.2) is 4.79 Å². The SMILES string of the molecule is Cc1ccc2c(c1)C(NC1CC(NC(=O)OC(C)(C)C)C1)CC2. The summed E-state index contributed by atoms with van der Waals surface area (Å²) in [4.78, 5) is 11.8. The lowest BCUT2D eigenvalue weighted by Gasteiger charge is -2.38. The minimum Gasteiger partial charge on any atom is -0.444 e. The van der Waals surface area contributed by atoms with Gasteiger partial charge in [-0.05, 0) is 64.5 Å². The number of ether oxygens (including phenoxy) is 1. The van der Waals surface area contributed by atoms with E-state index < -0.39 is 5.60 Å². The van der Waals surface area contributed by atoms with E-state index in [0.717, 1.165) is 12.8 Å². The number of amides is 1. The van der Waals surface area contributed by atoms with Crippen molar-refractivity contribution in [2.24, 2.45) is 0 Å². The Kier molecular flexibility index (Phi) is 4.37. The highest BCUT2D eigenvalue weighted by molar-refractivity contribution is 5.68. The molecule has 0 spiro atoms. The Hall–Kier alpha value is -1.55. The van der Waals surface area contributed by atoms with Crippen LogP contribution < -0.4 is 10.6 Å². The molecule has 0 radical (unpaired) electrons. The number of carbonyl (C=O) groups excluding carboxylic acids is 1. The number of hydrogen-bond acceptors (Lipinski definition) is 3. The molecular formula is C19H28N2O2. The summed E-state index contributed by atoms with van der Waals surface area (Å²) >= 11 is 0. The summed E-state index contributed by atoms with van der Waals surface area (Å²) in [6.45, 7) is 7.81. The molecule has 1 amide bonds. The van der Waals surface area contributed by atoms with Crippen LogP contribution in [-0.2, 0) is 11.2 Å². The van der Waals surface area contributed by atoms with E-state index in [-0.39, 0.29) is 12.1 Å². The Morgan fingerprint density at radius 1 is 1.22 bits per heavy atom. The van der Waals surface area contributed by atoms with E-state index in [4.69, 9.17) is 4.74 Å². The molecule has 0 bridgehead atoms. The predicted molar refractivity (Wildman–Crippen MR) is 91.6 cm³/mol. The minimum atomic E-state index is -0.434. The van der Waals surface area contributed by atoms with Gasteiger partial charge in [0.2, 0.25) is 0 Å². The highest BCUT2D eigenvalue weighted by atomic mass is 16.6. The molecule has 1 aromatic rings. The molecule has 3 rings (SSSR count). The summed E-state index contributed by atoms with van der Waals surface area (Å²) in [6, 6.07) is 7.98. The molecular weight excluding hydrogens is 288 g/mol. The molecule has 4 nitrogen and oxygen atoms in total. The van der Waals surface area contributed by atoms with Crippen LogP contribution in [0, 0.1) is 6.92 Å². The van der Waals surface area contributed by atoms with Gasteiger partial charge in [-0.3, -0.25) is 0 Å². The van der Waals surface area contributed by atoms with Gasteiger partial charge < -0.3 is 15.4 Å². The van der Waals surface area contributed by atoms with Gasteiger partial charge in [0.15, 0.2) is 0 Å². The predicted octanol–water partition coefficient (Wildman–Crippen LogP) is 3.63. The van der Waals surface area contributed by atoms with Crippen molar-refractivity contribution in [1.82, 2.24) is 10.6 Å². The van der Waals surface area contributed by atoms with Crippen molar-refractivity contribution >= 4 is 6.09 Å². The monoisotopic (exact) mass is 316 g/mol. The average Bonchev–Trinajstić information content (AvgIpc) is 2.76. The molecule has 2 N–H and O–H groups in total. The standard InChI is InChI=1S/C19H28N2O2/c1-12-5-6-13-7-8-17(16(13)9-12)20-14-10-15(11-14)21-18(22)23-19(2,3)4/h5-6,9,14-15,17,20H,7-8,10-11H2,1-4H3,(H,21,22). The molecule has 0 aliphatic heterocycles. The smallest absolute Gasteiger partial charge is 0.407 e. The topological polar surface area (TPSA) is 50.4 Å². The van der Waals surface area contributed by atoms with Crippen molar-refractivity contribution in [2.45, 2.75) is 77.1 Å². The van der Waals surface area contributed by atoms with Crippen LogP contribution in [0.2, 0.25) is 0 Å². The Labute approximate surface area is 139 Å². The van der Waals surface area contributed by atoms with Crippen LogP contribution >= 0.6 is 0 Å². The molecule has 0 heterocycles. The molecule has 1 saturated carbocycles. The van der Waals surface area contributed by atoms with Crippen LogP contribution in [0.25, 0.3) is 0 Å². The third-order valence-electron chi connectivity index (χ3n) is 4.67. The first-order valence-electron chi connectivity index (χ1n) is 8.65. The zero-order chi connectivity index (χ0) is 16.6. The largest absolute Gasteiger partial charge is 0.444 e. The fourth-order valence-electron chi connectivity index (χ4n) is 3.53. The van der Waals surface area contributed by atoms with Gasteiger partial charge in [0.25, 0.3) is 0 Å². The maximum Gasteiger partial charge on any atom is 0.407 e. The van der Waals surface area contributed by atoms with Crippen molar-refractivity contribution in [3.05, 3.63) is 34.9 Å². The van der Waals surface area contributed by atoms with Crippen molar-refractivity contribution in [3.63, 3.8) is 0 Å². The normalized spacial score (nSPS) is 26.3. The molecule has 1 unspecified atom stereocenters. The number of aryl methyl sites for hydroxylation is 2. The number of nitrogens with one attached hydrogen (secondary N) is 2. The molecule has 0 aromatic heterocycles. The number of benzene rings is 1. The Morgan fingerprint density at radius 3 is 2.65 bits per heavy atom. The quantitative estimate of drug-likeness (QED) is 0.895. The van der Waals surface area contributed by atoms with Gasteiger partial charge in [0.05, 0.1) is 0 Å². The summed E-state index contributed by atoms with van der Waals surface area (Å²) in [5.74, 6) is 0. The van der Waals surface area contributed by atoms with E-state index in [1.807, 2.05) is 20.8 Å². The van der Waals surface area contributed by atoms with Crippen LogP contribution in [0.3, 0.4) is 0 Å². The minimum absolute atomic E-state index is 0.237. The van der Waals surface area contributed by atoms with Gasteiger partial charge in [0, 0.05) is 18.1 Å². The van der Waals surface area contributed by atoms with Crippen molar-refractivity contribution < 1.29 is 9.53 Å². The lowest BCUT2D eigenvalue weighted by atomic mass is 9.86. The zero-order valence-electron chi connectivity index (χ0n) is 14.6. The third-order valence-corrected chi connectivity index (χ3v) is 4.67. The van der Waals surface area contributed by atoms with E-state index in [1.54, 1.807) is 0 Å². The Morgan fingerprint density at radius 2 is 1.96 bits per heavy atom. The maximum absolute atomic E-state index is 11.8. The van der Waals surface area contributed by atoms with Gasteiger partial charge in [0.1, 0.15) is 5.60 Å². The van der Waals surface area contributed by atoms with Gasteiger partial charge in [-0.2, -0.15) is 0 Å². The number of alkyl carbamates (subject to hydrolysis) is 1. The maximum atomic E-state index is 11.8. The Balaban J connectivity index is 1.45. The second-order valence-electron chi connectivity index (χ2n) is 7.97. The number of fused-ring (bicyclic) bond motifs is 1. The number of carbonyl (C=O) groups is 1. The summed E-state index contributed by atoms with van der Waals surface area (Å²) in [6.07, 6.45) is 4.01. The van der Waals surface area contributed by atoms with Crippen LogP contribution in [-0.4, -0.2) is 23.8 Å². The fraction of sp³-hybridized carbons (Fsp3) is 0.632. The van der Waals surface area contributed by atoms with Crippen LogP contribution in [0.15, 0.2) is 18.2 Å². The molecule has 23 heavy (non-hydrogen) atoms. The summed E-state index contributed by atoms with van der Waals surface area (Å²) in [5, 5.41) is 6.71. The zero-order valence-corrected chi connectivity index (χ0v) is 14.6. The van der Waals surface area contributed by atoms with Crippen molar-refractivity contribution in [2.75, 3.05) is 0 Å². The highest BCUT2D eigenvalue weighted by Gasteiger charge is 2.34. The molecule has 2 aliphatic carbocycles. The van der Waals surface area contributed by atoms with E-state index in [1.165, 1.54) is 29.5 Å². The van der Waals surface area contributed by atoms with Crippen molar-refractivity contribution in [1.29, 1.82) is 0 Å². The highest BCUT2D eigenvalue weighted by Crippen LogP contribution is 2.34. The third kappa shape index (κ3) is 4.05. The van der Waals surface area contributed by atoms with E-state index in [9.17, 15) is 4.79 Å². The molecule has 4 heteroatoms. The van der Waals surface area contributed by atoms with E-state index in [0.29, 0.717) is 12.1 Å². The number of rotatable bonds is 3. The summed E-state index contributed by atoms with van der Waals surface area (Å²) < 4.78 is 5.30. The fourth-order valence-corrected chi connectivity index (χ4v) is 3.53. The van der Waals surface area contributed by atoms with Crippen LogP contribution in [0.5, 0.6) is 0 Å². The lowest BCUT2D eigenvalue weighted by molar-refractivity contribution is 0.0463. The summed E-state index contributed by atoms with van der Waals surface area (Å²) in [7, 11) is 0. The first-order valence-corrected chi connectivity index (χ1v) is 8.65. The molecule has 0 saturated heterocycles. The average molecular weight is 316 g/mol. The van der Waals surface area contributed by atoms with Crippen LogP contribution in [0.1, 0.15) is 62.8 Å². The molecule has 1 aromatic carbocycles. The molecule has 126 valence electrons. The second-order valence-corrected chi connectivity index (χ2v) is 7.97. The van der Waals surface area contributed by atoms with Gasteiger partial charge >= 0.3 is 6.09 Å².